The minimum atomic E-state index is 0.999. The van der Waals surface area contributed by atoms with Crippen LogP contribution in [-0.4, -0.2) is 0 Å². The normalized spacial score (nSPS) is 12.7. The van der Waals surface area contributed by atoms with E-state index >= 15 is 0 Å². The summed E-state index contributed by atoms with van der Waals surface area (Å²) in [6, 6.07) is 0. The Morgan fingerprint density at radius 1 is 1.00 bits per heavy atom. The zero-order valence-corrected chi connectivity index (χ0v) is 10.2. The van der Waals surface area contributed by atoms with E-state index in [9.17, 15) is 0 Å². The van der Waals surface area contributed by atoms with Crippen LogP contribution in [0, 0.1) is 5.92 Å². The van der Waals surface area contributed by atoms with Gasteiger partial charge in [-0.25, -0.2) is 0 Å². The van der Waals surface area contributed by atoms with Crippen molar-refractivity contribution < 1.29 is 0 Å². The Morgan fingerprint density at radius 2 is 1.71 bits per heavy atom. The minimum Gasteiger partial charge on any atom is -0.103 e. The molecule has 0 aliphatic rings. The summed E-state index contributed by atoms with van der Waals surface area (Å²) in [5.74, 6) is 0.999. The Labute approximate surface area is 90.8 Å². The molecule has 1 atom stereocenters. The topological polar surface area (TPSA) is 0 Å². The van der Waals surface area contributed by atoms with Crippen molar-refractivity contribution in [2.45, 2.75) is 71.6 Å². The molecule has 0 heteroatoms. The molecule has 0 bridgehead atoms. The van der Waals surface area contributed by atoms with Gasteiger partial charge in [0.25, 0.3) is 0 Å². The molecule has 0 aromatic heterocycles. The molecule has 0 saturated carbocycles. The molecule has 0 spiro atoms. The largest absolute Gasteiger partial charge is 0.103 e. The lowest BCUT2D eigenvalue weighted by Crippen LogP contribution is -1.98. The fourth-order valence-corrected chi connectivity index (χ4v) is 1.94. The molecule has 0 aromatic carbocycles. The van der Waals surface area contributed by atoms with Crippen LogP contribution in [0.25, 0.3) is 0 Å². The van der Waals surface area contributed by atoms with Crippen molar-refractivity contribution in [1.82, 2.24) is 0 Å². The number of rotatable bonds is 10. The van der Waals surface area contributed by atoms with Gasteiger partial charge in [-0.1, -0.05) is 64.9 Å². The summed E-state index contributed by atoms with van der Waals surface area (Å²) in [7, 11) is 0. The molecule has 0 N–H and O–H groups in total. The van der Waals surface area contributed by atoms with E-state index < -0.39 is 0 Å². The summed E-state index contributed by atoms with van der Waals surface area (Å²) in [4.78, 5) is 0. The van der Waals surface area contributed by atoms with Crippen LogP contribution in [0.4, 0.5) is 0 Å². The van der Waals surface area contributed by atoms with E-state index in [1.54, 1.807) is 0 Å². The predicted octanol–water partition coefficient (Wildman–Crippen LogP) is 5.34. The third-order valence-corrected chi connectivity index (χ3v) is 3.06. The molecule has 14 heavy (non-hydrogen) atoms. The molecule has 0 saturated heterocycles. The molecule has 0 aliphatic heterocycles. The van der Waals surface area contributed by atoms with Crippen LogP contribution in [-0.2, 0) is 0 Å². The molecule has 84 valence electrons. The van der Waals surface area contributed by atoms with Crippen LogP contribution in [0.15, 0.2) is 12.7 Å². The minimum absolute atomic E-state index is 0.999. The van der Waals surface area contributed by atoms with Crippen molar-refractivity contribution in [2.24, 2.45) is 5.92 Å². The van der Waals surface area contributed by atoms with E-state index in [-0.39, 0.29) is 0 Å². The van der Waals surface area contributed by atoms with Crippen LogP contribution in [0.2, 0.25) is 0 Å². The van der Waals surface area contributed by atoms with Gasteiger partial charge in [-0.05, 0) is 18.8 Å². The lowest BCUT2D eigenvalue weighted by Gasteiger charge is -2.13. The van der Waals surface area contributed by atoms with Crippen LogP contribution >= 0.6 is 0 Å². The second kappa shape index (κ2) is 10.8. The van der Waals surface area contributed by atoms with Gasteiger partial charge >= 0.3 is 0 Å². The first kappa shape index (κ1) is 13.7. The molecular formula is C14H28. The Kier molecular flexibility index (Phi) is 10.6. The zero-order chi connectivity index (χ0) is 10.6. The van der Waals surface area contributed by atoms with E-state index in [0.717, 1.165) is 5.92 Å². The van der Waals surface area contributed by atoms with Crippen molar-refractivity contribution in [1.29, 1.82) is 0 Å². The van der Waals surface area contributed by atoms with Crippen LogP contribution in [0.3, 0.4) is 0 Å². The second-order valence-electron chi connectivity index (χ2n) is 4.34. The van der Waals surface area contributed by atoms with Gasteiger partial charge in [0.15, 0.2) is 0 Å². The molecule has 0 radical (unpaired) electrons. The van der Waals surface area contributed by atoms with Crippen molar-refractivity contribution in [3.05, 3.63) is 12.7 Å². The molecule has 0 nitrogen and oxygen atoms in total. The fraction of sp³-hybridized carbons (Fsp3) is 0.857. The summed E-state index contributed by atoms with van der Waals surface area (Å²) >= 11 is 0. The molecular weight excluding hydrogens is 168 g/mol. The molecule has 0 aliphatic carbocycles. The van der Waals surface area contributed by atoms with Gasteiger partial charge in [0.2, 0.25) is 0 Å². The first-order valence-electron chi connectivity index (χ1n) is 6.46. The van der Waals surface area contributed by atoms with E-state index in [0.29, 0.717) is 0 Å². The smallest absolute Gasteiger partial charge is 0.0353 e. The number of unbranched alkanes of at least 4 members (excludes halogenated alkanes) is 4. The lowest BCUT2D eigenvalue weighted by molar-refractivity contribution is 0.402. The standard InChI is InChI=1S/C14H28/c1-4-7-9-10-11-13-14(6-3)12-8-5-2/h4,14H,1,5-13H2,2-3H3. The average molecular weight is 196 g/mol. The van der Waals surface area contributed by atoms with E-state index in [2.05, 4.69) is 20.4 Å². The first-order valence-corrected chi connectivity index (χ1v) is 6.46. The molecule has 0 aromatic rings. The van der Waals surface area contributed by atoms with Gasteiger partial charge in [0.1, 0.15) is 0 Å². The number of allylic oxidation sites excluding steroid dienone is 1. The quantitative estimate of drug-likeness (QED) is 0.327. The summed E-state index contributed by atoms with van der Waals surface area (Å²) in [5.41, 5.74) is 0. The average Bonchev–Trinajstić information content (AvgIpc) is 2.22. The molecule has 0 fully saturated rings. The highest BCUT2D eigenvalue weighted by atomic mass is 14.1. The number of hydrogen-bond acceptors (Lipinski definition) is 0. The molecule has 0 amide bonds. The Hall–Kier alpha value is -0.260. The Balaban J connectivity index is 3.28. The van der Waals surface area contributed by atoms with Gasteiger partial charge < -0.3 is 0 Å². The SMILES string of the molecule is C=CCCCCCC(CC)CCCC. The van der Waals surface area contributed by atoms with Crippen molar-refractivity contribution in [2.75, 3.05) is 0 Å². The lowest BCUT2D eigenvalue weighted by atomic mass is 9.93. The fourth-order valence-electron chi connectivity index (χ4n) is 1.94. The van der Waals surface area contributed by atoms with Crippen LogP contribution in [0.1, 0.15) is 71.6 Å². The summed E-state index contributed by atoms with van der Waals surface area (Å²) in [6.07, 6.45) is 14.5. The van der Waals surface area contributed by atoms with Crippen molar-refractivity contribution >= 4 is 0 Å². The van der Waals surface area contributed by atoms with E-state index in [1.165, 1.54) is 57.8 Å². The maximum Gasteiger partial charge on any atom is -0.0353 e. The summed E-state index contributed by atoms with van der Waals surface area (Å²) in [5, 5.41) is 0. The highest BCUT2D eigenvalue weighted by molar-refractivity contribution is 4.66. The monoisotopic (exact) mass is 196 g/mol. The van der Waals surface area contributed by atoms with E-state index in [4.69, 9.17) is 0 Å². The third kappa shape index (κ3) is 8.34. The zero-order valence-electron chi connectivity index (χ0n) is 10.2. The maximum absolute atomic E-state index is 3.75. The maximum atomic E-state index is 3.75. The molecule has 1 unspecified atom stereocenters. The van der Waals surface area contributed by atoms with Gasteiger partial charge in [0.05, 0.1) is 0 Å². The predicted molar refractivity (Wildman–Crippen MR) is 66.6 cm³/mol. The van der Waals surface area contributed by atoms with Gasteiger partial charge in [0, 0.05) is 0 Å². The van der Waals surface area contributed by atoms with E-state index in [1.807, 2.05) is 6.08 Å². The van der Waals surface area contributed by atoms with Crippen molar-refractivity contribution in [3.63, 3.8) is 0 Å². The first-order chi connectivity index (χ1) is 6.85. The molecule has 0 heterocycles. The van der Waals surface area contributed by atoms with Gasteiger partial charge in [-0.15, -0.1) is 6.58 Å². The Bertz CT molecular complexity index is 115. The van der Waals surface area contributed by atoms with Crippen LogP contribution < -0.4 is 0 Å². The Morgan fingerprint density at radius 3 is 2.29 bits per heavy atom. The van der Waals surface area contributed by atoms with Gasteiger partial charge in [-0.2, -0.15) is 0 Å². The third-order valence-electron chi connectivity index (χ3n) is 3.06. The molecule has 0 rings (SSSR count). The number of hydrogen-bond donors (Lipinski definition) is 0. The van der Waals surface area contributed by atoms with Gasteiger partial charge in [-0.3, -0.25) is 0 Å². The highest BCUT2D eigenvalue weighted by Crippen LogP contribution is 2.19. The second-order valence-corrected chi connectivity index (χ2v) is 4.34. The summed E-state index contributed by atoms with van der Waals surface area (Å²) < 4.78 is 0. The van der Waals surface area contributed by atoms with Crippen molar-refractivity contribution in [3.8, 4) is 0 Å². The van der Waals surface area contributed by atoms with Crippen LogP contribution in [0.5, 0.6) is 0 Å². The summed E-state index contributed by atoms with van der Waals surface area (Å²) in [6.45, 7) is 8.38. The highest BCUT2D eigenvalue weighted by Gasteiger charge is 2.04.